The smallest absolute Gasteiger partial charge is 0.330 e. The lowest BCUT2D eigenvalue weighted by Gasteiger charge is -2.23. The van der Waals surface area contributed by atoms with Gasteiger partial charge in [-0.25, -0.2) is 9.59 Å². The average molecular weight is 430 g/mol. The first kappa shape index (κ1) is 25.8. The fraction of sp³-hybridized carbons (Fsp3) is 0.650. The van der Waals surface area contributed by atoms with Gasteiger partial charge in [-0.1, -0.05) is 0 Å². The Hall–Kier alpha value is -2.27. The quantitative estimate of drug-likeness (QED) is 0.346. The van der Waals surface area contributed by atoms with Gasteiger partial charge in [0.25, 0.3) is 0 Å². The molecule has 30 heavy (non-hydrogen) atoms. The number of esters is 3. The summed E-state index contributed by atoms with van der Waals surface area (Å²) in [4.78, 5) is 36.3. The monoisotopic (exact) mass is 430 g/mol. The van der Waals surface area contributed by atoms with Gasteiger partial charge in [0.15, 0.2) is 0 Å². The van der Waals surface area contributed by atoms with Crippen molar-refractivity contribution in [3.8, 4) is 0 Å². The van der Waals surface area contributed by atoms with E-state index in [-0.39, 0.29) is 20.0 Å². The number of cyclic esters (lactones) is 3. The van der Waals surface area contributed by atoms with Gasteiger partial charge >= 0.3 is 17.9 Å². The molecule has 0 radical (unpaired) electrons. The van der Waals surface area contributed by atoms with Crippen molar-refractivity contribution in [1.29, 1.82) is 0 Å². The third-order valence-electron chi connectivity index (χ3n) is 3.92. The van der Waals surface area contributed by atoms with E-state index in [0.29, 0.717) is 0 Å². The largest absolute Gasteiger partial charge is 0.459 e. The molecule has 1 rings (SSSR count). The minimum absolute atomic E-state index is 0.0749. The van der Waals surface area contributed by atoms with Crippen LogP contribution in [-0.2, 0) is 47.5 Å². The molecule has 1 heterocycles. The van der Waals surface area contributed by atoms with Crippen molar-refractivity contribution in [1.82, 2.24) is 0 Å². The molecule has 0 aliphatic carbocycles. The Morgan fingerprint density at radius 3 is 1.77 bits per heavy atom. The van der Waals surface area contributed by atoms with Gasteiger partial charge in [-0.15, -0.1) is 0 Å². The number of methoxy groups -OCH3 is 2. The van der Waals surface area contributed by atoms with Crippen LogP contribution in [0.3, 0.4) is 0 Å². The van der Waals surface area contributed by atoms with Gasteiger partial charge in [-0.3, -0.25) is 4.79 Å². The van der Waals surface area contributed by atoms with Crippen LogP contribution in [0.1, 0.15) is 27.2 Å². The molecule has 0 aromatic rings. The number of ether oxygens (including phenoxy) is 7. The average Bonchev–Trinajstić information content (AvgIpc) is 2.66. The van der Waals surface area contributed by atoms with Crippen molar-refractivity contribution in [3.05, 3.63) is 24.3 Å². The molecule has 0 unspecified atom stereocenters. The summed E-state index contributed by atoms with van der Waals surface area (Å²) in [5, 5.41) is 0. The molecule has 170 valence electrons. The van der Waals surface area contributed by atoms with Crippen molar-refractivity contribution in [2.24, 2.45) is 0 Å². The predicted molar refractivity (Wildman–Crippen MR) is 103 cm³/mol. The van der Waals surface area contributed by atoms with Crippen LogP contribution >= 0.6 is 0 Å². The zero-order valence-corrected chi connectivity index (χ0v) is 17.9. The first-order chi connectivity index (χ1) is 14.3. The van der Waals surface area contributed by atoms with Crippen molar-refractivity contribution in [2.45, 2.75) is 57.7 Å². The fourth-order valence-electron chi connectivity index (χ4n) is 2.46. The number of carbonyl (C=O) groups excluding carboxylic acids is 3. The summed E-state index contributed by atoms with van der Waals surface area (Å²) in [6.45, 7) is 4.63. The summed E-state index contributed by atoms with van der Waals surface area (Å²) in [6.07, 6.45) is 1.28. The molecule has 0 saturated heterocycles. The predicted octanol–water partition coefficient (Wildman–Crippen LogP) is 1.28. The molecule has 0 fully saturated rings. The third-order valence-corrected chi connectivity index (χ3v) is 3.92. The van der Waals surface area contributed by atoms with E-state index in [4.69, 9.17) is 33.2 Å². The van der Waals surface area contributed by atoms with E-state index in [1.165, 1.54) is 32.4 Å². The second-order valence-electron chi connectivity index (χ2n) is 6.58. The van der Waals surface area contributed by atoms with E-state index in [0.717, 1.165) is 6.08 Å². The van der Waals surface area contributed by atoms with E-state index in [9.17, 15) is 14.4 Å². The lowest BCUT2D eigenvalue weighted by molar-refractivity contribution is -0.162. The molecule has 10 nitrogen and oxygen atoms in total. The van der Waals surface area contributed by atoms with Gasteiger partial charge in [-0.2, -0.15) is 0 Å². The first-order valence-corrected chi connectivity index (χ1v) is 9.45. The second-order valence-corrected chi connectivity index (χ2v) is 6.58. The first-order valence-electron chi connectivity index (χ1n) is 9.45. The zero-order valence-electron chi connectivity index (χ0n) is 17.9. The summed E-state index contributed by atoms with van der Waals surface area (Å²) < 4.78 is 36.5. The SMILES string of the molecule is COCO[C@@H]1/C=C/C(=O)O[C@@H](C)CC(=O)O[C@@H](C)[C@H](OCOC)/C=C/C(=O)O[C@H]1C. The summed E-state index contributed by atoms with van der Waals surface area (Å²) in [5.41, 5.74) is 0. The Morgan fingerprint density at radius 1 is 0.800 bits per heavy atom. The van der Waals surface area contributed by atoms with Gasteiger partial charge in [0.1, 0.15) is 44.1 Å². The standard InChI is InChI=1S/C20H30O10/c1-13-10-20(23)30-15(3)17(27-12-25-5)7-9-19(22)29-14(2)16(26-11-24-4)6-8-18(21)28-13/h6-9,13-17H,10-12H2,1-5H3/b8-6+,9-7+/t13-,14-,15-,16+,17+/m0/s1. The summed E-state index contributed by atoms with van der Waals surface area (Å²) in [5.74, 6) is -1.94. The minimum Gasteiger partial charge on any atom is -0.459 e. The molecule has 5 atom stereocenters. The number of rotatable bonds is 6. The molecule has 0 N–H and O–H groups in total. The molecule has 1 aliphatic heterocycles. The molecule has 0 bridgehead atoms. The summed E-state index contributed by atoms with van der Waals surface area (Å²) >= 11 is 0. The van der Waals surface area contributed by atoms with Gasteiger partial charge in [0, 0.05) is 26.4 Å². The molecule has 0 spiro atoms. The highest BCUT2D eigenvalue weighted by molar-refractivity contribution is 5.83. The molecular weight excluding hydrogens is 400 g/mol. The van der Waals surface area contributed by atoms with Crippen LogP contribution in [-0.4, -0.2) is 76.2 Å². The van der Waals surface area contributed by atoms with Crippen LogP contribution in [0.2, 0.25) is 0 Å². The minimum atomic E-state index is -0.762. The van der Waals surface area contributed by atoms with E-state index in [1.54, 1.807) is 20.8 Å². The van der Waals surface area contributed by atoms with E-state index in [1.807, 2.05) is 0 Å². The normalized spacial score (nSPS) is 31.4. The van der Waals surface area contributed by atoms with Crippen molar-refractivity contribution in [2.75, 3.05) is 27.8 Å². The van der Waals surface area contributed by atoms with Crippen LogP contribution in [0, 0.1) is 0 Å². The molecule has 0 amide bonds. The van der Waals surface area contributed by atoms with Crippen LogP contribution in [0.15, 0.2) is 24.3 Å². The van der Waals surface area contributed by atoms with E-state index in [2.05, 4.69) is 0 Å². The number of hydrogen-bond acceptors (Lipinski definition) is 10. The van der Waals surface area contributed by atoms with Gasteiger partial charge in [0.2, 0.25) is 0 Å². The zero-order chi connectivity index (χ0) is 22.5. The summed E-state index contributed by atoms with van der Waals surface area (Å²) in [7, 11) is 2.88. The van der Waals surface area contributed by atoms with Gasteiger partial charge < -0.3 is 33.2 Å². The Balaban J connectivity index is 3.07. The third kappa shape index (κ3) is 9.97. The van der Waals surface area contributed by atoms with E-state index >= 15 is 0 Å². The molecule has 1 aliphatic rings. The Bertz CT molecular complexity index is 615. The van der Waals surface area contributed by atoms with Crippen LogP contribution in [0.25, 0.3) is 0 Å². The molecule has 0 saturated carbocycles. The molecule has 0 aromatic heterocycles. The highest BCUT2D eigenvalue weighted by atomic mass is 16.7. The lowest BCUT2D eigenvalue weighted by atomic mass is 10.2. The van der Waals surface area contributed by atoms with Crippen LogP contribution in [0.4, 0.5) is 0 Å². The van der Waals surface area contributed by atoms with Crippen LogP contribution in [0.5, 0.6) is 0 Å². The maximum atomic E-state index is 12.2. The number of hydrogen-bond donors (Lipinski definition) is 0. The second kappa shape index (κ2) is 13.9. The number of carbonyl (C=O) groups is 3. The van der Waals surface area contributed by atoms with Gasteiger partial charge in [0.05, 0.1) is 6.42 Å². The fourth-order valence-corrected chi connectivity index (χ4v) is 2.46. The topological polar surface area (TPSA) is 116 Å². The molecular formula is C20H30O10. The maximum Gasteiger partial charge on any atom is 0.330 e. The highest BCUT2D eigenvalue weighted by Crippen LogP contribution is 2.12. The molecule has 10 heteroatoms. The summed E-state index contributed by atoms with van der Waals surface area (Å²) in [6, 6.07) is 0. The Kier molecular flexibility index (Phi) is 11.9. The highest BCUT2D eigenvalue weighted by Gasteiger charge is 2.24. The maximum absolute atomic E-state index is 12.2. The molecule has 0 aromatic carbocycles. The Labute approximate surface area is 176 Å². The van der Waals surface area contributed by atoms with E-state index < -0.39 is 48.4 Å². The lowest BCUT2D eigenvalue weighted by Crippen LogP contribution is -2.33. The van der Waals surface area contributed by atoms with Crippen molar-refractivity contribution >= 4 is 17.9 Å². The Morgan fingerprint density at radius 2 is 1.27 bits per heavy atom. The van der Waals surface area contributed by atoms with Crippen molar-refractivity contribution in [3.63, 3.8) is 0 Å². The van der Waals surface area contributed by atoms with Crippen molar-refractivity contribution < 1.29 is 47.5 Å². The van der Waals surface area contributed by atoms with Gasteiger partial charge in [-0.05, 0) is 32.9 Å². The van der Waals surface area contributed by atoms with Crippen LogP contribution < -0.4 is 0 Å².